The van der Waals surface area contributed by atoms with E-state index < -0.39 is 11.6 Å². The summed E-state index contributed by atoms with van der Waals surface area (Å²) in [5.41, 5.74) is 8.14. The molecule has 0 fully saturated rings. The molecule has 0 unspecified atom stereocenters. The zero-order valence-corrected chi connectivity index (χ0v) is 7.54. The fourth-order valence-electron chi connectivity index (χ4n) is 0.520. The van der Waals surface area contributed by atoms with Crippen molar-refractivity contribution in [2.24, 2.45) is 11.5 Å². The van der Waals surface area contributed by atoms with Crippen molar-refractivity contribution in [3.8, 4) is 0 Å². The van der Waals surface area contributed by atoms with Crippen molar-refractivity contribution in [3.63, 3.8) is 0 Å². The normalized spacial score (nSPS) is 14.4. The van der Waals surface area contributed by atoms with Crippen molar-refractivity contribution in [2.45, 2.75) is 19.5 Å². The number of aliphatic carboxylic acids is 1. The van der Waals surface area contributed by atoms with Crippen LogP contribution in [0.1, 0.15) is 13.8 Å². The summed E-state index contributed by atoms with van der Waals surface area (Å²) in [5.74, 6) is -1.24. The largest absolute Gasteiger partial charge is 0.478 e. The molecule has 13 heavy (non-hydrogen) atoms. The highest BCUT2D eigenvalue weighted by Gasteiger charge is 2.20. The summed E-state index contributed by atoms with van der Waals surface area (Å²) >= 11 is 0. The number of allylic oxidation sites excluding steroid dienone is 1. The first-order valence-corrected chi connectivity index (χ1v) is 3.60. The number of halogens is 1. The quantitative estimate of drug-likeness (QED) is 0.444. The molecule has 0 aliphatic heterocycles. The van der Waals surface area contributed by atoms with Gasteiger partial charge in [0.2, 0.25) is 0 Å². The van der Waals surface area contributed by atoms with Gasteiger partial charge in [0.15, 0.2) is 0 Å². The lowest BCUT2D eigenvalue weighted by atomic mass is 10.1. The Balaban J connectivity index is 4.85. The third-order valence-electron chi connectivity index (χ3n) is 1.42. The summed E-state index contributed by atoms with van der Waals surface area (Å²) in [4.78, 5) is 10.4. The number of alkyl halides is 1. The monoisotopic (exact) mass is 188 g/mol. The summed E-state index contributed by atoms with van der Waals surface area (Å²) in [5, 5.41) is 8.52. The van der Waals surface area contributed by atoms with Crippen molar-refractivity contribution < 1.29 is 14.3 Å². The predicted molar refractivity (Wildman–Crippen MR) is 47.4 cm³/mol. The summed E-state index contributed by atoms with van der Waals surface area (Å²) in [6, 6.07) is 0. The van der Waals surface area contributed by atoms with Gasteiger partial charge >= 0.3 is 5.97 Å². The van der Waals surface area contributed by atoms with Gasteiger partial charge in [-0.05, 0) is 19.9 Å². The van der Waals surface area contributed by atoms with Crippen molar-refractivity contribution in [1.29, 1.82) is 0 Å². The maximum Gasteiger partial charge on any atom is 0.337 e. The van der Waals surface area contributed by atoms with E-state index in [1.807, 2.05) is 0 Å². The first-order valence-electron chi connectivity index (χ1n) is 3.60. The molecule has 74 valence electrons. The predicted octanol–water partition coefficient (Wildman–Crippen LogP) is 0.504. The van der Waals surface area contributed by atoms with Crippen LogP contribution in [0, 0.1) is 0 Å². The third-order valence-corrected chi connectivity index (χ3v) is 1.42. The Morgan fingerprint density at radius 2 is 2.00 bits per heavy atom. The lowest BCUT2D eigenvalue weighted by Crippen LogP contribution is -2.23. The van der Waals surface area contributed by atoms with Crippen molar-refractivity contribution >= 4 is 5.97 Å². The van der Waals surface area contributed by atoms with E-state index in [4.69, 9.17) is 16.6 Å². The van der Waals surface area contributed by atoms with Gasteiger partial charge in [0.1, 0.15) is 5.67 Å². The molecule has 0 spiro atoms. The molecule has 0 saturated carbocycles. The molecular weight excluding hydrogens is 175 g/mol. The number of carboxylic acids is 1. The van der Waals surface area contributed by atoms with Gasteiger partial charge in [-0.1, -0.05) is 0 Å². The van der Waals surface area contributed by atoms with Gasteiger partial charge in [-0.3, -0.25) is 0 Å². The van der Waals surface area contributed by atoms with E-state index in [1.54, 1.807) is 0 Å². The van der Waals surface area contributed by atoms with E-state index in [0.717, 1.165) is 12.3 Å². The van der Waals surface area contributed by atoms with E-state index in [9.17, 15) is 9.18 Å². The Morgan fingerprint density at radius 3 is 2.23 bits per heavy atom. The van der Waals surface area contributed by atoms with Crippen LogP contribution in [0.25, 0.3) is 0 Å². The number of hydrogen-bond acceptors (Lipinski definition) is 3. The maximum absolute atomic E-state index is 13.1. The van der Waals surface area contributed by atoms with Gasteiger partial charge in [0, 0.05) is 11.9 Å². The molecule has 4 nitrogen and oxygen atoms in total. The van der Waals surface area contributed by atoms with Crippen molar-refractivity contribution in [2.75, 3.05) is 0 Å². The SMILES string of the molecule is CC(C)(F)/C(N)=C/C(=C\N)C(=O)O. The molecule has 0 bridgehead atoms. The van der Waals surface area contributed by atoms with E-state index >= 15 is 0 Å². The molecule has 0 amide bonds. The number of carbonyl (C=O) groups is 1. The second-order valence-corrected chi connectivity index (χ2v) is 3.00. The zero-order chi connectivity index (χ0) is 10.6. The minimum Gasteiger partial charge on any atom is -0.478 e. The van der Waals surface area contributed by atoms with Gasteiger partial charge < -0.3 is 16.6 Å². The Labute approximate surface area is 75.7 Å². The first kappa shape index (κ1) is 11.5. The van der Waals surface area contributed by atoms with Gasteiger partial charge in [0.05, 0.1) is 5.57 Å². The van der Waals surface area contributed by atoms with Crippen LogP contribution in [0.4, 0.5) is 4.39 Å². The zero-order valence-electron chi connectivity index (χ0n) is 7.54. The fourth-order valence-corrected chi connectivity index (χ4v) is 0.520. The van der Waals surface area contributed by atoms with E-state index in [-0.39, 0.29) is 11.3 Å². The van der Waals surface area contributed by atoms with Crippen LogP contribution in [-0.2, 0) is 4.79 Å². The average molecular weight is 188 g/mol. The van der Waals surface area contributed by atoms with Crippen LogP contribution in [0.2, 0.25) is 0 Å². The second-order valence-electron chi connectivity index (χ2n) is 3.00. The van der Waals surface area contributed by atoms with Crippen LogP contribution in [0.5, 0.6) is 0 Å². The molecule has 0 aliphatic rings. The van der Waals surface area contributed by atoms with Crippen molar-refractivity contribution in [1.82, 2.24) is 0 Å². The first-order chi connectivity index (χ1) is 5.79. The molecule has 0 heterocycles. The van der Waals surface area contributed by atoms with Gasteiger partial charge in [0.25, 0.3) is 0 Å². The minimum absolute atomic E-state index is 0.174. The smallest absolute Gasteiger partial charge is 0.337 e. The third kappa shape index (κ3) is 3.59. The van der Waals surface area contributed by atoms with Crippen molar-refractivity contribution in [3.05, 3.63) is 23.5 Å². The Bertz CT molecular complexity index is 264. The Hall–Kier alpha value is -1.52. The molecule has 0 aromatic carbocycles. The topological polar surface area (TPSA) is 89.3 Å². The molecule has 0 radical (unpaired) electrons. The van der Waals surface area contributed by atoms with Gasteiger partial charge in [-0.25, -0.2) is 9.18 Å². The van der Waals surface area contributed by atoms with Crippen LogP contribution in [0.3, 0.4) is 0 Å². The van der Waals surface area contributed by atoms with E-state index in [2.05, 4.69) is 0 Å². The summed E-state index contributed by atoms with van der Waals surface area (Å²) in [6.45, 7) is 2.46. The highest BCUT2D eigenvalue weighted by atomic mass is 19.1. The molecule has 0 rings (SSSR count). The summed E-state index contributed by atoms with van der Waals surface area (Å²) in [6.07, 6.45) is 1.86. The number of hydrogen-bond donors (Lipinski definition) is 3. The summed E-state index contributed by atoms with van der Waals surface area (Å²) in [7, 11) is 0. The molecule has 5 heteroatoms. The second kappa shape index (κ2) is 3.93. The molecule has 0 saturated heterocycles. The number of nitrogens with two attached hydrogens (primary N) is 2. The fraction of sp³-hybridized carbons (Fsp3) is 0.375. The average Bonchev–Trinajstić information content (AvgIpc) is 1.96. The van der Waals surface area contributed by atoms with Gasteiger partial charge in [-0.15, -0.1) is 0 Å². The molecule has 0 aromatic rings. The number of rotatable bonds is 3. The van der Waals surface area contributed by atoms with E-state index in [1.165, 1.54) is 13.8 Å². The maximum atomic E-state index is 13.1. The van der Waals surface area contributed by atoms with E-state index in [0.29, 0.717) is 0 Å². The Morgan fingerprint density at radius 1 is 1.54 bits per heavy atom. The van der Waals surface area contributed by atoms with Crippen LogP contribution < -0.4 is 11.5 Å². The highest BCUT2D eigenvalue weighted by Crippen LogP contribution is 2.17. The summed E-state index contributed by atoms with van der Waals surface area (Å²) < 4.78 is 13.1. The number of carboxylic acid groups (broad SMARTS) is 1. The lowest BCUT2D eigenvalue weighted by Gasteiger charge is -2.14. The molecular formula is C8H13FN2O2. The molecule has 0 aromatic heterocycles. The molecule has 5 N–H and O–H groups in total. The van der Waals surface area contributed by atoms with Gasteiger partial charge in [-0.2, -0.15) is 0 Å². The lowest BCUT2D eigenvalue weighted by molar-refractivity contribution is -0.132. The van der Waals surface area contributed by atoms with Crippen LogP contribution in [-0.4, -0.2) is 16.7 Å². The standard InChI is InChI=1S/C8H13FN2O2/c1-8(2,9)6(11)3-5(4-10)7(12)13/h3-4H,10-11H2,1-2H3,(H,12,13)/b5-4+,6-3-. The van der Waals surface area contributed by atoms with Crippen LogP contribution >= 0.6 is 0 Å². The minimum atomic E-state index is -1.75. The van der Waals surface area contributed by atoms with Crippen LogP contribution in [0.15, 0.2) is 23.5 Å². The molecule has 0 atom stereocenters. The molecule has 0 aliphatic carbocycles. The highest BCUT2D eigenvalue weighted by molar-refractivity contribution is 5.89. The Kier molecular flexibility index (Phi) is 3.47.